The lowest BCUT2D eigenvalue weighted by Crippen LogP contribution is -2.53. The molecule has 0 saturated heterocycles. The molecule has 2 aromatic carbocycles. The highest BCUT2D eigenvalue weighted by atomic mass is 32.2. The topological polar surface area (TPSA) is 150 Å². The molecule has 11 nitrogen and oxygen atoms in total. The molecule has 0 radical (unpaired) electrons. The lowest BCUT2D eigenvalue weighted by molar-refractivity contribution is -0.141. The van der Waals surface area contributed by atoms with Crippen LogP contribution in [0.2, 0.25) is 0 Å². The number of rotatable bonds is 16. The van der Waals surface area contributed by atoms with Gasteiger partial charge in [-0.2, -0.15) is 11.8 Å². The summed E-state index contributed by atoms with van der Waals surface area (Å²) < 4.78 is 36.3. The van der Waals surface area contributed by atoms with E-state index < -0.39 is 65.7 Å². The third-order valence-corrected chi connectivity index (χ3v) is 8.32. The summed E-state index contributed by atoms with van der Waals surface area (Å²) in [5, 5.41) is 24.3. The number of ether oxygens (including phenoxy) is 1. The quantitative estimate of drug-likeness (QED) is 0.155. The first kappa shape index (κ1) is 39.0. The van der Waals surface area contributed by atoms with E-state index in [2.05, 4.69) is 10.6 Å². The second-order valence-electron chi connectivity index (χ2n) is 12.6. The smallest absolute Gasteiger partial charge is 0.407 e. The first-order chi connectivity index (χ1) is 23.2. The van der Waals surface area contributed by atoms with Crippen molar-refractivity contribution in [1.82, 2.24) is 20.1 Å². The van der Waals surface area contributed by atoms with E-state index in [1.54, 1.807) is 12.3 Å². The molecule has 0 unspecified atom stereocenters. The first-order valence-electron chi connectivity index (χ1n) is 15.7. The number of hydrogen-bond acceptors (Lipinski definition) is 7. The van der Waals surface area contributed by atoms with E-state index in [9.17, 15) is 33.8 Å². The van der Waals surface area contributed by atoms with Crippen molar-refractivity contribution in [3.8, 4) is 11.1 Å². The molecule has 14 heteroatoms. The minimum Gasteiger partial charge on any atom is -0.480 e. The fraction of sp³-hybridized carbons (Fsp3) is 0.429. The van der Waals surface area contributed by atoms with Gasteiger partial charge in [-0.15, -0.1) is 0 Å². The molecule has 0 aliphatic rings. The summed E-state index contributed by atoms with van der Waals surface area (Å²) in [4.78, 5) is 52.2. The van der Waals surface area contributed by atoms with Gasteiger partial charge in [0.1, 0.15) is 36.9 Å². The van der Waals surface area contributed by atoms with Crippen LogP contribution in [0.4, 0.5) is 13.6 Å². The number of benzene rings is 2. The van der Waals surface area contributed by atoms with Gasteiger partial charge < -0.3 is 35.1 Å². The Balaban J connectivity index is 2.09. The molecule has 3 aromatic rings. The Kier molecular flexibility index (Phi) is 14.2. The van der Waals surface area contributed by atoms with Crippen LogP contribution < -0.4 is 10.6 Å². The second kappa shape index (κ2) is 17.8. The molecule has 0 bridgehead atoms. The maximum atomic E-state index is 15.0. The molecular formula is C35H44F2N4O7S. The summed E-state index contributed by atoms with van der Waals surface area (Å²) in [7, 11) is 0. The van der Waals surface area contributed by atoms with Gasteiger partial charge in [-0.25, -0.2) is 13.6 Å². The predicted molar refractivity (Wildman–Crippen MR) is 183 cm³/mol. The summed E-state index contributed by atoms with van der Waals surface area (Å²) in [6.45, 7) is 6.21. The number of aliphatic hydroxyl groups is 1. The van der Waals surface area contributed by atoms with E-state index >= 15 is 4.39 Å². The number of carbonyl (C=O) groups excluding carboxylic acids is 3. The Hall–Kier alpha value is -4.43. The van der Waals surface area contributed by atoms with Gasteiger partial charge >= 0.3 is 12.1 Å². The molecule has 3 rings (SSSR count). The molecule has 0 fully saturated rings. The van der Waals surface area contributed by atoms with E-state index in [0.717, 1.165) is 23.8 Å². The molecule has 266 valence electrons. The van der Waals surface area contributed by atoms with Gasteiger partial charge in [-0.05, 0) is 54.8 Å². The van der Waals surface area contributed by atoms with Gasteiger partial charge in [0.05, 0.1) is 6.04 Å². The number of thioether (sulfide) groups is 1. The number of nitrogens with one attached hydrogen (secondary N) is 2. The minimum absolute atomic E-state index is 0.0224. The number of aromatic nitrogens is 1. The number of aliphatic carboxylic acids is 1. The van der Waals surface area contributed by atoms with Crippen LogP contribution in [-0.2, 0) is 25.7 Å². The molecule has 49 heavy (non-hydrogen) atoms. The van der Waals surface area contributed by atoms with Gasteiger partial charge in [0, 0.05) is 41.9 Å². The fourth-order valence-electron chi connectivity index (χ4n) is 5.41. The van der Waals surface area contributed by atoms with Crippen LogP contribution in [0.25, 0.3) is 11.1 Å². The highest BCUT2D eigenvalue weighted by molar-refractivity contribution is 7.98. The molecule has 0 saturated carbocycles. The normalized spacial score (nSPS) is 13.2. The first-order valence-corrected chi connectivity index (χ1v) is 17.1. The maximum Gasteiger partial charge on any atom is 0.407 e. The van der Waals surface area contributed by atoms with Crippen molar-refractivity contribution in [2.75, 3.05) is 31.8 Å². The van der Waals surface area contributed by atoms with Crippen molar-refractivity contribution >= 4 is 35.6 Å². The molecule has 0 aliphatic heterocycles. The molecule has 3 atom stereocenters. The standard InChI is InChI=1S/C35H44F2N4O7S/c1-22(33(45)46)38-32(44)28(39-34(47)48-15-16-49-5)13-14-41(30(43)21-42)31(35(2,3)4)29-17-24(26-18-25(36)11-12-27(26)37)20-40(29)19-23-9-7-6-8-10-23/h6-12,17-18,20,22,28,31,42H,13-16,19,21H2,1-5H3,(H,38,44)(H,39,47)(H,45,46)/t22-,28+,31+/m1/s1. The Labute approximate surface area is 289 Å². The molecule has 3 amide bonds. The van der Waals surface area contributed by atoms with Crippen molar-refractivity contribution < 1.29 is 42.9 Å². The van der Waals surface area contributed by atoms with Gasteiger partial charge in [0.2, 0.25) is 11.8 Å². The van der Waals surface area contributed by atoms with Crippen LogP contribution >= 0.6 is 11.8 Å². The summed E-state index contributed by atoms with van der Waals surface area (Å²) in [6, 6.07) is 10.8. The van der Waals surface area contributed by atoms with E-state index in [0.29, 0.717) is 23.6 Å². The molecule has 1 heterocycles. The number of alkyl carbamates (subject to hydrolysis) is 1. The Morgan fingerprint density at radius 3 is 2.35 bits per heavy atom. The van der Waals surface area contributed by atoms with Crippen molar-refractivity contribution in [2.24, 2.45) is 5.41 Å². The van der Waals surface area contributed by atoms with Crippen LogP contribution in [0.1, 0.15) is 51.4 Å². The van der Waals surface area contributed by atoms with Gasteiger partial charge in [0.25, 0.3) is 0 Å². The molecule has 0 spiro atoms. The fourth-order valence-corrected chi connectivity index (χ4v) is 5.66. The number of aliphatic hydroxyl groups excluding tert-OH is 1. The van der Waals surface area contributed by atoms with Crippen molar-refractivity contribution in [2.45, 2.75) is 58.8 Å². The van der Waals surface area contributed by atoms with E-state index in [1.165, 1.54) is 23.6 Å². The molecular weight excluding hydrogens is 658 g/mol. The van der Waals surface area contributed by atoms with Crippen molar-refractivity contribution in [3.05, 3.63) is 83.7 Å². The third-order valence-electron chi connectivity index (χ3n) is 7.75. The number of hydrogen-bond donors (Lipinski definition) is 4. The highest BCUT2D eigenvalue weighted by Gasteiger charge is 2.38. The zero-order chi connectivity index (χ0) is 36.3. The average Bonchev–Trinajstić information content (AvgIpc) is 3.44. The lowest BCUT2D eigenvalue weighted by Gasteiger charge is -2.41. The monoisotopic (exact) mass is 702 g/mol. The van der Waals surface area contributed by atoms with Gasteiger partial charge in [0.15, 0.2) is 0 Å². The Morgan fingerprint density at radius 1 is 1.04 bits per heavy atom. The Morgan fingerprint density at radius 2 is 1.73 bits per heavy atom. The number of amides is 3. The van der Waals surface area contributed by atoms with Gasteiger partial charge in [-0.1, -0.05) is 51.1 Å². The molecule has 1 aromatic heterocycles. The summed E-state index contributed by atoms with van der Waals surface area (Å²) in [6.07, 6.45) is 2.43. The maximum absolute atomic E-state index is 15.0. The van der Waals surface area contributed by atoms with Crippen LogP contribution in [-0.4, -0.2) is 87.4 Å². The van der Waals surface area contributed by atoms with Crippen molar-refractivity contribution in [1.29, 1.82) is 0 Å². The minimum atomic E-state index is -1.31. The van der Waals surface area contributed by atoms with Crippen LogP contribution in [0.5, 0.6) is 0 Å². The zero-order valence-corrected chi connectivity index (χ0v) is 29.1. The summed E-state index contributed by atoms with van der Waals surface area (Å²) in [5.74, 6) is -3.54. The van der Waals surface area contributed by atoms with Gasteiger partial charge in [-0.3, -0.25) is 14.4 Å². The Bertz CT molecular complexity index is 1600. The van der Waals surface area contributed by atoms with E-state index in [1.807, 2.05) is 61.9 Å². The zero-order valence-electron chi connectivity index (χ0n) is 28.2. The lowest BCUT2D eigenvalue weighted by atomic mass is 9.82. The average molecular weight is 703 g/mol. The number of nitrogens with zero attached hydrogens (tertiary/aromatic N) is 2. The van der Waals surface area contributed by atoms with Crippen LogP contribution in [0.15, 0.2) is 60.8 Å². The molecule has 0 aliphatic carbocycles. The van der Waals surface area contributed by atoms with Crippen LogP contribution in [0.3, 0.4) is 0 Å². The van der Waals surface area contributed by atoms with Crippen LogP contribution in [0, 0.1) is 17.0 Å². The number of carbonyl (C=O) groups is 4. The second-order valence-corrected chi connectivity index (χ2v) is 13.6. The predicted octanol–water partition coefficient (Wildman–Crippen LogP) is 4.83. The summed E-state index contributed by atoms with van der Waals surface area (Å²) in [5.41, 5.74) is 1.10. The number of halogens is 2. The third kappa shape index (κ3) is 11.0. The summed E-state index contributed by atoms with van der Waals surface area (Å²) >= 11 is 1.45. The van der Waals surface area contributed by atoms with E-state index in [-0.39, 0.29) is 25.1 Å². The molecule has 4 N–H and O–H groups in total. The van der Waals surface area contributed by atoms with Crippen molar-refractivity contribution in [3.63, 3.8) is 0 Å². The number of carboxylic acids is 1. The SMILES string of the molecule is CSCCOC(=O)N[C@@H](CCN(C(=O)CO)[C@@H](c1cc(-c2cc(F)ccc2F)cn1Cc1ccccc1)C(C)(C)C)C(=O)N[C@H](C)C(=O)O. The largest absolute Gasteiger partial charge is 0.480 e. The highest BCUT2D eigenvalue weighted by Crippen LogP contribution is 2.41. The number of carboxylic acid groups (broad SMARTS) is 1. The van der Waals surface area contributed by atoms with E-state index in [4.69, 9.17) is 4.74 Å².